The smallest absolute Gasteiger partial charge is 0.161 e. The average molecular weight is 443 g/mol. The molecule has 0 unspecified atom stereocenters. The van der Waals surface area contributed by atoms with Gasteiger partial charge in [0.15, 0.2) is 5.82 Å². The van der Waals surface area contributed by atoms with Crippen molar-refractivity contribution in [3.8, 4) is 0 Å². The summed E-state index contributed by atoms with van der Waals surface area (Å²) >= 11 is 14.1. The molecule has 4 nitrogen and oxygen atoms in total. The molecule has 4 rings (SSSR count). The number of rotatable bonds is 4. The van der Waals surface area contributed by atoms with E-state index in [1.807, 2.05) is 18.2 Å². The maximum Gasteiger partial charge on any atom is 0.161 e. The molecule has 0 amide bonds. The van der Waals surface area contributed by atoms with E-state index in [4.69, 9.17) is 28.2 Å². The van der Waals surface area contributed by atoms with Gasteiger partial charge in [-0.25, -0.2) is 15.0 Å². The second kappa shape index (κ2) is 7.90. The van der Waals surface area contributed by atoms with E-state index in [0.717, 1.165) is 26.6 Å². The standard InChI is InChI=1S/C22H20Cl2N4S/c1-22(2,3)13-7-9-14(10-8-13)27-20-19-21(26-12-25-20)29-18(28-19)11-15-16(23)5-4-6-17(15)24/h4-10,12H,11H2,1-3H3,(H,25,26,27). The van der Waals surface area contributed by atoms with Crippen molar-refractivity contribution >= 4 is 56.4 Å². The summed E-state index contributed by atoms with van der Waals surface area (Å²) in [7, 11) is 0. The van der Waals surface area contributed by atoms with Gasteiger partial charge in [-0.1, -0.05) is 73.5 Å². The Balaban J connectivity index is 1.63. The van der Waals surface area contributed by atoms with E-state index < -0.39 is 0 Å². The topological polar surface area (TPSA) is 50.7 Å². The van der Waals surface area contributed by atoms with E-state index in [1.54, 1.807) is 6.33 Å². The van der Waals surface area contributed by atoms with Crippen LogP contribution in [-0.2, 0) is 11.8 Å². The minimum atomic E-state index is 0.116. The van der Waals surface area contributed by atoms with Gasteiger partial charge < -0.3 is 5.32 Å². The number of halogens is 2. The Labute approximate surface area is 184 Å². The Morgan fingerprint density at radius 3 is 2.31 bits per heavy atom. The summed E-state index contributed by atoms with van der Waals surface area (Å²) in [6, 6.07) is 13.9. The lowest BCUT2D eigenvalue weighted by atomic mass is 9.87. The lowest BCUT2D eigenvalue weighted by Crippen LogP contribution is -2.10. The SMILES string of the molecule is CC(C)(C)c1ccc(Nc2ncnc3sc(Cc4c(Cl)cccc4Cl)nc23)cc1. The van der Waals surface area contributed by atoms with Gasteiger partial charge in [0.1, 0.15) is 21.7 Å². The summed E-state index contributed by atoms with van der Waals surface area (Å²) in [6.07, 6.45) is 2.11. The second-order valence-electron chi connectivity index (χ2n) is 7.81. The summed E-state index contributed by atoms with van der Waals surface area (Å²) in [5.41, 5.74) is 3.97. The van der Waals surface area contributed by atoms with Crippen molar-refractivity contribution in [3.05, 3.63) is 75.0 Å². The third-order valence-electron chi connectivity index (χ3n) is 4.64. The molecular weight excluding hydrogens is 423 g/mol. The van der Waals surface area contributed by atoms with E-state index in [-0.39, 0.29) is 5.41 Å². The fraction of sp³-hybridized carbons (Fsp3) is 0.227. The molecule has 0 saturated carbocycles. The largest absolute Gasteiger partial charge is 0.338 e. The summed E-state index contributed by atoms with van der Waals surface area (Å²) in [5, 5.41) is 5.53. The Morgan fingerprint density at radius 2 is 1.66 bits per heavy atom. The number of nitrogens with one attached hydrogen (secondary N) is 1. The number of fused-ring (bicyclic) bond motifs is 1. The van der Waals surface area contributed by atoms with Crippen molar-refractivity contribution in [1.82, 2.24) is 15.0 Å². The molecule has 7 heteroatoms. The molecule has 0 saturated heterocycles. The van der Waals surface area contributed by atoms with E-state index in [2.05, 4.69) is 60.3 Å². The highest BCUT2D eigenvalue weighted by molar-refractivity contribution is 7.18. The van der Waals surface area contributed by atoms with Gasteiger partial charge in [-0.15, -0.1) is 0 Å². The molecule has 2 heterocycles. The molecule has 0 aliphatic carbocycles. The lowest BCUT2D eigenvalue weighted by Gasteiger charge is -2.19. The minimum Gasteiger partial charge on any atom is -0.338 e. The molecule has 0 aliphatic rings. The molecule has 0 aliphatic heterocycles. The average Bonchev–Trinajstić information content (AvgIpc) is 3.08. The van der Waals surface area contributed by atoms with Gasteiger partial charge in [0.25, 0.3) is 0 Å². The molecule has 0 fully saturated rings. The number of thiazole rings is 1. The molecule has 4 aromatic rings. The van der Waals surface area contributed by atoms with Crippen LogP contribution in [0.15, 0.2) is 48.8 Å². The third-order valence-corrected chi connectivity index (χ3v) is 6.31. The fourth-order valence-corrected chi connectivity index (χ4v) is 4.45. The van der Waals surface area contributed by atoms with Gasteiger partial charge in [-0.2, -0.15) is 0 Å². The van der Waals surface area contributed by atoms with Crippen LogP contribution in [-0.4, -0.2) is 15.0 Å². The Morgan fingerprint density at radius 1 is 0.966 bits per heavy atom. The number of benzene rings is 2. The van der Waals surface area contributed by atoms with E-state index >= 15 is 0 Å². The van der Waals surface area contributed by atoms with Crippen molar-refractivity contribution in [2.75, 3.05) is 5.32 Å². The predicted octanol–water partition coefficient (Wildman–Crippen LogP) is 7.03. The zero-order valence-electron chi connectivity index (χ0n) is 16.3. The monoisotopic (exact) mass is 442 g/mol. The number of aromatic nitrogens is 3. The van der Waals surface area contributed by atoms with Crippen LogP contribution in [0.4, 0.5) is 11.5 Å². The zero-order valence-corrected chi connectivity index (χ0v) is 18.7. The third kappa shape index (κ3) is 4.37. The molecule has 1 N–H and O–H groups in total. The van der Waals surface area contributed by atoms with Crippen LogP contribution < -0.4 is 5.32 Å². The van der Waals surface area contributed by atoms with E-state index in [1.165, 1.54) is 16.9 Å². The highest BCUT2D eigenvalue weighted by Crippen LogP contribution is 2.32. The summed E-state index contributed by atoms with van der Waals surface area (Å²) in [6.45, 7) is 6.60. The van der Waals surface area contributed by atoms with Crippen LogP contribution in [0.3, 0.4) is 0 Å². The van der Waals surface area contributed by atoms with E-state index in [9.17, 15) is 0 Å². The highest BCUT2D eigenvalue weighted by Gasteiger charge is 2.15. The van der Waals surface area contributed by atoms with Crippen molar-refractivity contribution in [3.63, 3.8) is 0 Å². The van der Waals surface area contributed by atoms with Crippen LogP contribution in [0.1, 0.15) is 36.9 Å². The highest BCUT2D eigenvalue weighted by atomic mass is 35.5. The molecule has 0 radical (unpaired) electrons. The van der Waals surface area contributed by atoms with Crippen molar-refractivity contribution in [1.29, 1.82) is 0 Å². The summed E-state index contributed by atoms with van der Waals surface area (Å²) < 4.78 is 0. The number of anilines is 2. The Hall–Kier alpha value is -2.21. The molecule has 0 atom stereocenters. The second-order valence-corrected chi connectivity index (χ2v) is 9.69. The van der Waals surface area contributed by atoms with E-state index in [0.29, 0.717) is 22.3 Å². The summed E-state index contributed by atoms with van der Waals surface area (Å²) in [5.74, 6) is 0.686. The molecule has 2 aromatic heterocycles. The van der Waals surface area contributed by atoms with Gasteiger partial charge in [0, 0.05) is 22.2 Å². The van der Waals surface area contributed by atoms with Crippen molar-refractivity contribution < 1.29 is 0 Å². The Kier molecular flexibility index (Phi) is 5.47. The zero-order chi connectivity index (χ0) is 20.6. The molecule has 2 aromatic carbocycles. The van der Waals surface area contributed by atoms with Crippen LogP contribution in [0.5, 0.6) is 0 Å². The normalized spacial score (nSPS) is 11.8. The first-order chi connectivity index (χ1) is 13.8. The number of nitrogens with zero attached hydrogens (tertiary/aromatic N) is 3. The number of hydrogen-bond donors (Lipinski definition) is 1. The van der Waals surface area contributed by atoms with Gasteiger partial charge >= 0.3 is 0 Å². The quantitative estimate of drug-likeness (QED) is 0.368. The van der Waals surface area contributed by atoms with Crippen LogP contribution in [0.2, 0.25) is 10.0 Å². The molecular formula is C22H20Cl2N4S. The fourth-order valence-electron chi connectivity index (χ4n) is 3.01. The van der Waals surface area contributed by atoms with Gasteiger partial charge in [0.05, 0.1) is 0 Å². The van der Waals surface area contributed by atoms with Crippen LogP contribution in [0, 0.1) is 0 Å². The predicted molar refractivity (Wildman–Crippen MR) is 123 cm³/mol. The van der Waals surface area contributed by atoms with Crippen molar-refractivity contribution in [2.24, 2.45) is 0 Å². The lowest BCUT2D eigenvalue weighted by molar-refractivity contribution is 0.590. The van der Waals surface area contributed by atoms with Crippen molar-refractivity contribution in [2.45, 2.75) is 32.6 Å². The van der Waals surface area contributed by atoms with Gasteiger partial charge in [0.2, 0.25) is 0 Å². The molecule has 0 spiro atoms. The van der Waals surface area contributed by atoms with Crippen LogP contribution in [0.25, 0.3) is 10.3 Å². The first-order valence-electron chi connectivity index (χ1n) is 9.22. The summed E-state index contributed by atoms with van der Waals surface area (Å²) in [4.78, 5) is 14.4. The minimum absolute atomic E-state index is 0.116. The molecule has 0 bridgehead atoms. The first kappa shape index (κ1) is 20.1. The van der Waals surface area contributed by atoms with Crippen LogP contribution >= 0.6 is 34.5 Å². The molecule has 148 valence electrons. The number of hydrogen-bond acceptors (Lipinski definition) is 5. The maximum absolute atomic E-state index is 6.31. The maximum atomic E-state index is 6.31. The first-order valence-corrected chi connectivity index (χ1v) is 10.8. The Bertz CT molecular complexity index is 1140. The van der Waals surface area contributed by atoms with Gasteiger partial charge in [-0.05, 0) is 40.8 Å². The van der Waals surface area contributed by atoms with Gasteiger partial charge in [-0.3, -0.25) is 0 Å². The molecule has 29 heavy (non-hydrogen) atoms.